The van der Waals surface area contributed by atoms with E-state index in [9.17, 15) is 9.59 Å². The first-order valence-electron chi connectivity index (χ1n) is 9.92. The minimum atomic E-state index is -0.847. The summed E-state index contributed by atoms with van der Waals surface area (Å²) in [4.78, 5) is 26.0. The topological polar surface area (TPSA) is 81.4 Å². The number of nitrogens with two attached hydrogens (primary N) is 1. The normalized spacial score (nSPS) is 10.1. The van der Waals surface area contributed by atoms with Crippen LogP contribution >= 0.6 is 0 Å². The Morgan fingerprint density at radius 3 is 1.48 bits per heavy atom. The van der Waals surface area contributed by atoms with Crippen molar-refractivity contribution >= 4 is 12.0 Å². The fraction of sp³-hybridized carbons (Fsp3) is 0.895. The molecule has 0 radical (unpaired) electrons. The number of rotatable bonds is 16. The van der Waals surface area contributed by atoms with Crippen molar-refractivity contribution in [3.05, 3.63) is 0 Å². The molecule has 0 atom stereocenters. The third-order valence-corrected chi connectivity index (χ3v) is 4.25. The van der Waals surface area contributed by atoms with Gasteiger partial charge in [-0.05, 0) is 6.42 Å². The molecule has 0 spiro atoms. The van der Waals surface area contributed by atoms with E-state index in [0.29, 0.717) is 6.42 Å². The molecule has 0 heterocycles. The summed E-state index contributed by atoms with van der Waals surface area (Å²) in [6, 6.07) is -0.847. The van der Waals surface area contributed by atoms with Crippen molar-refractivity contribution in [3.8, 4) is 0 Å². The van der Waals surface area contributed by atoms with Gasteiger partial charge in [0.25, 0.3) is 0 Å². The average Bonchev–Trinajstić information content (AvgIpc) is 2.56. The maximum atomic E-state index is 11.2. The Kier molecular flexibility index (Phi) is 23.5. The minimum Gasteiger partial charge on any atom is -1.00 e. The molecule has 0 aromatic rings. The van der Waals surface area contributed by atoms with Crippen LogP contribution in [0.15, 0.2) is 0 Å². The van der Waals surface area contributed by atoms with Gasteiger partial charge in [-0.3, -0.25) is 0 Å². The Morgan fingerprint density at radius 1 is 0.760 bits per heavy atom. The van der Waals surface area contributed by atoms with Gasteiger partial charge in [0.05, 0.1) is 0 Å². The standard InChI is InChI=1S/C19H38N2O3.Na.H/c1-2-3-4-5-6-7-8-9-10-11-12-13-14-15-16-17-18(22)24-21-19(20)23;;/h2-17H2,1H3,(H3,20,21,23);;/q;+1;-1. The molecule has 0 aromatic carbocycles. The fourth-order valence-corrected chi connectivity index (χ4v) is 2.80. The molecular weight excluding hydrogens is 327 g/mol. The van der Waals surface area contributed by atoms with Gasteiger partial charge in [0.1, 0.15) is 0 Å². The zero-order chi connectivity index (χ0) is 17.9. The number of hydroxylamine groups is 1. The van der Waals surface area contributed by atoms with Gasteiger partial charge in [0.2, 0.25) is 0 Å². The number of primary amides is 1. The van der Waals surface area contributed by atoms with Gasteiger partial charge in [0.15, 0.2) is 0 Å². The van der Waals surface area contributed by atoms with Crippen LogP contribution in [0.5, 0.6) is 0 Å². The van der Waals surface area contributed by atoms with Gasteiger partial charge in [0, 0.05) is 6.42 Å². The monoisotopic (exact) mass is 366 g/mol. The second-order valence-corrected chi connectivity index (χ2v) is 6.64. The van der Waals surface area contributed by atoms with E-state index in [2.05, 4.69) is 11.8 Å². The van der Waals surface area contributed by atoms with E-state index < -0.39 is 12.0 Å². The van der Waals surface area contributed by atoms with E-state index in [1.54, 1.807) is 0 Å². The van der Waals surface area contributed by atoms with Gasteiger partial charge in [-0.15, -0.1) is 0 Å². The van der Waals surface area contributed by atoms with Crippen LogP contribution in [0.25, 0.3) is 0 Å². The van der Waals surface area contributed by atoms with Crippen LogP contribution in [0, 0.1) is 0 Å². The third kappa shape index (κ3) is 23.7. The van der Waals surface area contributed by atoms with Crippen molar-refractivity contribution in [2.75, 3.05) is 0 Å². The van der Waals surface area contributed by atoms with Gasteiger partial charge in [-0.25, -0.2) is 9.59 Å². The average molecular weight is 367 g/mol. The van der Waals surface area contributed by atoms with Gasteiger partial charge in [-0.1, -0.05) is 96.8 Å². The minimum absolute atomic E-state index is 0. The molecule has 6 heteroatoms. The first-order valence-corrected chi connectivity index (χ1v) is 9.92. The molecule has 5 nitrogen and oxygen atoms in total. The Morgan fingerprint density at radius 2 is 1.12 bits per heavy atom. The maximum absolute atomic E-state index is 11.2. The molecule has 0 aliphatic rings. The largest absolute Gasteiger partial charge is 1.00 e. The molecule has 0 saturated heterocycles. The molecule has 0 saturated carbocycles. The number of unbranched alkanes of at least 4 members (excludes halogenated alkanes) is 14. The fourth-order valence-electron chi connectivity index (χ4n) is 2.80. The second-order valence-electron chi connectivity index (χ2n) is 6.64. The van der Waals surface area contributed by atoms with Crippen molar-refractivity contribution in [1.82, 2.24) is 5.48 Å². The number of urea groups is 1. The van der Waals surface area contributed by atoms with Crippen LogP contribution in [0.4, 0.5) is 4.79 Å². The second kappa shape index (κ2) is 21.8. The number of hydrogen-bond acceptors (Lipinski definition) is 3. The number of carbonyl (C=O) groups is 2. The zero-order valence-electron chi connectivity index (χ0n) is 17.6. The van der Waals surface area contributed by atoms with Crippen LogP contribution in [-0.4, -0.2) is 12.0 Å². The van der Waals surface area contributed by atoms with E-state index in [1.165, 1.54) is 77.0 Å². The summed E-state index contributed by atoms with van der Waals surface area (Å²) in [5, 5.41) is 0. The molecule has 144 valence electrons. The van der Waals surface area contributed by atoms with Gasteiger partial charge < -0.3 is 12.0 Å². The molecular formula is C19H39N2NaO3. The zero-order valence-corrected chi connectivity index (χ0v) is 18.6. The predicted molar refractivity (Wildman–Crippen MR) is 99.5 cm³/mol. The predicted octanol–water partition coefficient (Wildman–Crippen LogP) is 2.49. The first kappa shape index (κ1) is 27.0. The number of nitrogens with one attached hydrogen (secondary N) is 1. The van der Waals surface area contributed by atoms with Gasteiger partial charge in [-0.2, -0.15) is 5.48 Å². The quantitative estimate of drug-likeness (QED) is 0.250. The van der Waals surface area contributed by atoms with E-state index in [-0.39, 0.29) is 31.0 Å². The van der Waals surface area contributed by atoms with E-state index in [1.807, 2.05) is 5.48 Å². The van der Waals surface area contributed by atoms with Crippen molar-refractivity contribution in [2.45, 2.75) is 110 Å². The van der Waals surface area contributed by atoms with Crippen molar-refractivity contribution in [3.63, 3.8) is 0 Å². The summed E-state index contributed by atoms with van der Waals surface area (Å²) in [7, 11) is 0. The van der Waals surface area contributed by atoms with Crippen LogP contribution < -0.4 is 40.8 Å². The molecule has 0 unspecified atom stereocenters. The molecule has 3 N–H and O–H groups in total. The summed E-state index contributed by atoms with van der Waals surface area (Å²) in [6.07, 6.45) is 19.7. The maximum Gasteiger partial charge on any atom is 1.00 e. The van der Waals surface area contributed by atoms with E-state index in [0.717, 1.165) is 19.3 Å². The van der Waals surface area contributed by atoms with Crippen LogP contribution in [0.3, 0.4) is 0 Å². The Labute approximate surface area is 177 Å². The van der Waals surface area contributed by atoms with Crippen LogP contribution in [-0.2, 0) is 9.63 Å². The Balaban J connectivity index is -0.00000264. The van der Waals surface area contributed by atoms with Crippen LogP contribution in [0.1, 0.15) is 111 Å². The number of hydrogen-bond donors (Lipinski definition) is 2. The SMILES string of the molecule is CCCCCCCCCCCCCCCCCC(=O)ONC(N)=O.[H-].[Na+]. The molecule has 0 aliphatic carbocycles. The number of amides is 2. The molecule has 2 amide bonds. The third-order valence-electron chi connectivity index (χ3n) is 4.25. The molecule has 25 heavy (non-hydrogen) atoms. The van der Waals surface area contributed by atoms with E-state index >= 15 is 0 Å². The Hall–Kier alpha value is -0.260. The van der Waals surface area contributed by atoms with Crippen molar-refractivity contribution in [2.24, 2.45) is 5.73 Å². The van der Waals surface area contributed by atoms with E-state index in [4.69, 9.17) is 5.73 Å². The summed E-state index contributed by atoms with van der Waals surface area (Å²) < 4.78 is 0. The van der Waals surface area contributed by atoms with Crippen molar-refractivity contribution in [1.29, 1.82) is 0 Å². The summed E-state index contributed by atoms with van der Waals surface area (Å²) >= 11 is 0. The van der Waals surface area contributed by atoms with Crippen LogP contribution in [0.2, 0.25) is 0 Å². The summed E-state index contributed by atoms with van der Waals surface area (Å²) in [5.41, 5.74) is 6.64. The molecule has 0 bridgehead atoms. The van der Waals surface area contributed by atoms with Crippen molar-refractivity contribution < 1.29 is 45.4 Å². The molecule has 0 aromatic heterocycles. The van der Waals surface area contributed by atoms with Gasteiger partial charge >= 0.3 is 41.6 Å². The first-order chi connectivity index (χ1) is 11.7. The summed E-state index contributed by atoms with van der Waals surface area (Å²) in [6.45, 7) is 2.26. The Bertz CT molecular complexity index is 321. The summed E-state index contributed by atoms with van der Waals surface area (Å²) in [5.74, 6) is -0.427. The smallest absolute Gasteiger partial charge is 1.00 e. The molecule has 0 rings (SSSR count). The number of carbonyl (C=O) groups excluding carboxylic acids is 2. The molecule has 0 aliphatic heterocycles. The molecule has 0 fully saturated rings.